The number of nitrogens with zero attached hydrogens (tertiary/aromatic N) is 2. The molecular formula is C17H18N2O4S2. The van der Waals surface area contributed by atoms with Crippen LogP contribution in [0.15, 0.2) is 64.4 Å². The standard InChI is InChI=1S/C17H18N2O4S2/c1-18-17(15-9-5-6-10-16(15)25(18,22)23)11-12-19(13-17)24(20,21)14-7-3-2-4-8-14/h2-10H,11-13H2,1H3. The van der Waals surface area contributed by atoms with Gasteiger partial charge in [0.1, 0.15) is 0 Å². The van der Waals surface area contributed by atoms with E-state index in [1.54, 1.807) is 54.6 Å². The van der Waals surface area contributed by atoms with Gasteiger partial charge in [0.2, 0.25) is 20.0 Å². The van der Waals surface area contributed by atoms with Crippen molar-refractivity contribution in [2.24, 2.45) is 0 Å². The zero-order valence-electron chi connectivity index (χ0n) is 13.7. The van der Waals surface area contributed by atoms with Crippen molar-refractivity contribution in [2.75, 3.05) is 20.1 Å². The summed E-state index contributed by atoms with van der Waals surface area (Å²) < 4.78 is 54.0. The predicted octanol–water partition coefficient (Wildman–Crippen LogP) is 1.61. The Morgan fingerprint density at radius 2 is 1.64 bits per heavy atom. The molecule has 25 heavy (non-hydrogen) atoms. The first kappa shape index (κ1) is 16.7. The molecule has 2 aromatic rings. The SMILES string of the molecule is CN1C2(CCN(S(=O)(=O)c3ccccc3)C2)c2ccccc2S1(=O)=O. The van der Waals surface area contributed by atoms with Gasteiger partial charge in [-0.15, -0.1) is 0 Å². The summed E-state index contributed by atoms with van der Waals surface area (Å²) >= 11 is 0. The quantitative estimate of drug-likeness (QED) is 0.796. The van der Waals surface area contributed by atoms with E-state index in [0.717, 1.165) is 0 Å². The van der Waals surface area contributed by atoms with Crippen LogP contribution in [0, 0.1) is 0 Å². The lowest BCUT2D eigenvalue weighted by atomic mass is 9.89. The minimum absolute atomic E-state index is 0.122. The van der Waals surface area contributed by atoms with Crippen molar-refractivity contribution in [1.82, 2.24) is 8.61 Å². The summed E-state index contributed by atoms with van der Waals surface area (Å²) in [6.45, 7) is 0.405. The summed E-state index contributed by atoms with van der Waals surface area (Å²) in [5.41, 5.74) is -0.152. The molecule has 6 nitrogen and oxygen atoms in total. The summed E-state index contributed by atoms with van der Waals surface area (Å²) in [7, 11) is -5.72. The molecule has 132 valence electrons. The lowest BCUT2D eigenvalue weighted by molar-refractivity contribution is 0.245. The van der Waals surface area contributed by atoms with Gasteiger partial charge in [0.15, 0.2) is 0 Å². The van der Waals surface area contributed by atoms with Gasteiger partial charge in [0.05, 0.1) is 15.3 Å². The molecule has 0 bridgehead atoms. The molecule has 2 aliphatic rings. The van der Waals surface area contributed by atoms with Crippen molar-refractivity contribution in [3.63, 3.8) is 0 Å². The van der Waals surface area contributed by atoms with E-state index in [-0.39, 0.29) is 22.9 Å². The van der Waals surface area contributed by atoms with Gasteiger partial charge in [-0.25, -0.2) is 16.8 Å². The minimum atomic E-state index is -3.65. The molecule has 0 saturated carbocycles. The van der Waals surface area contributed by atoms with Gasteiger partial charge in [-0.3, -0.25) is 0 Å². The molecule has 2 aromatic carbocycles. The van der Waals surface area contributed by atoms with E-state index >= 15 is 0 Å². The predicted molar refractivity (Wildman–Crippen MR) is 92.9 cm³/mol. The Labute approximate surface area is 147 Å². The summed E-state index contributed by atoms with van der Waals surface area (Å²) in [5.74, 6) is 0. The molecule has 0 aliphatic carbocycles. The smallest absolute Gasteiger partial charge is 0.207 e. The molecule has 1 saturated heterocycles. The van der Waals surface area contributed by atoms with Crippen molar-refractivity contribution in [3.05, 3.63) is 60.2 Å². The molecular weight excluding hydrogens is 360 g/mol. The third-order valence-electron chi connectivity index (χ3n) is 5.22. The van der Waals surface area contributed by atoms with Crippen LogP contribution in [0.25, 0.3) is 0 Å². The maximum Gasteiger partial charge on any atom is 0.244 e. The molecule has 2 heterocycles. The van der Waals surface area contributed by atoms with E-state index in [2.05, 4.69) is 0 Å². The monoisotopic (exact) mass is 378 g/mol. The highest BCUT2D eigenvalue weighted by atomic mass is 32.2. The fourth-order valence-corrected chi connectivity index (χ4v) is 7.11. The Morgan fingerprint density at radius 1 is 1.00 bits per heavy atom. The number of hydrogen-bond donors (Lipinski definition) is 0. The molecule has 0 aromatic heterocycles. The van der Waals surface area contributed by atoms with Gasteiger partial charge in [0, 0.05) is 20.1 Å². The Balaban J connectivity index is 1.78. The second-order valence-corrected chi connectivity index (χ2v) is 10.3. The van der Waals surface area contributed by atoms with E-state index in [4.69, 9.17) is 0 Å². The lowest BCUT2D eigenvalue weighted by Crippen LogP contribution is -2.44. The highest BCUT2D eigenvalue weighted by Crippen LogP contribution is 2.49. The van der Waals surface area contributed by atoms with Gasteiger partial charge >= 0.3 is 0 Å². The Bertz CT molecular complexity index is 1040. The molecule has 0 amide bonds. The Morgan fingerprint density at radius 3 is 2.36 bits per heavy atom. The molecule has 1 fully saturated rings. The summed E-state index contributed by atoms with van der Waals surface area (Å²) in [5, 5.41) is 0. The zero-order valence-corrected chi connectivity index (χ0v) is 15.3. The van der Waals surface area contributed by atoms with Crippen LogP contribution in [0.2, 0.25) is 0 Å². The Kier molecular flexibility index (Phi) is 3.59. The van der Waals surface area contributed by atoms with E-state index in [1.165, 1.54) is 15.7 Å². The van der Waals surface area contributed by atoms with Crippen LogP contribution in [0.4, 0.5) is 0 Å². The second kappa shape index (κ2) is 5.38. The number of fused-ring (bicyclic) bond motifs is 2. The van der Waals surface area contributed by atoms with Crippen molar-refractivity contribution < 1.29 is 16.8 Å². The van der Waals surface area contributed by atoms with Gasteiger partial charge in [-0.05, 0) is 30.2 Å². The second-order valence-electron chi connectivity index (χ2n) is 6.40. The topological polar surface area (TPSA) is 74.8 Å². The fraction of sp³-hybridized carbons (Fsp3) is 0.294. The minimum Gasteiger partial charge on any atom is -0.207 e. The molecule has 4 rings (SSSR count). The van der Waals surface area contributed by atoms with Crippen LogP contribution in [-0.2, 0) is 25.6 Å². The maximum absolute atomic E-state index is 12.9. The van der Waals surface area contributed by atoms with E-state index in [9.17, 15) is 16.8 Å². The molecule has 8 heteroatoms. The zero-order chi connectivity index (χ0) is 17.9. The lowest BCUT2D eigenvalue weighted by Gasteiger charge is -2.31. The van der Waals surface area contributed by atoms with Crippen LogP contribution < -0.4 is 0 Å². The highest BCUT2D eigenvalue weighted by molar-refractivity contribution is 7.89. The van der Waals surface area contributed by atoms with Crippen molar-refractivity contribution in [3.8, 4) is 0 Å². The normalized spacial score (nSPS) is 26.1. The van der Waals surface area contributed by atoms with E-state index < -0.39 is 25.6 Å². The maximum atomic E-state index is 12.9. The fourth-order valence-electron chi connectivity index (χ4n) is 3.81. The van der Waals surface area contributed by atoms with E-state index in [1.807, 2.05) is 0 Å². The highest BCUT2D eigenvalue weighted by Gasteiger charge is 2.56. The van der Waals surface area contributed by atoms with Crippen molar-refractivity contribution >= 4 is 20.0 Å². The number of hydrogen-bond acceptors (Lipinski definition) is 4. The van der Waals surface area contributed by atoms with Crippen LogP contribution in [-0.4, -0.2) is 45.6 Å². The van der Waals surface area contributed by atoms with E-state index in [0.29, 0.717) is 12.0 Å². The summed E-state index contributed by atoms with van der Waals surface area (Å²) in [6, 6.07) is 15.1. The number of rotatable bonds is 2. The summed E-state index contributed by atoms with van der Waals surface area (Å²) in [4.78, 5) is 0.500. The molecule has 2 aliphatic heterocycles. The van der Waals surface area contributed by atoms with Gasteiger partial charge in [-0.1, -0.05) is 36.4 Å². The van der Waals surface area contributed by atoms with Crippen LogP contribution in [0.1, 0.15) is 12.0 Å². The average Bonchev–Trinajstić information content (AvgIpc) is 3.14. The molecule has 1 unspecified atom stereocenters. The largest absolute Gasteiger partial charge is 0.244 e. The van der Waals surface area contributed by atoms with Crippen LogP contribution in [0.3, 0.4) is 0 Å². The van der Waals surface area contributed by atoms with Crippen LogP contribution in [0.5, 0.6) is 0 Å². The first-order chi connectivity index (χ1) is 11.8. The number of sulfonamides is 2. The number of benzene rings is 2. The molecule has 1 atom stereocenters. The molecule has 0 radical (unpaired) electrons. The van der Waals surface area contributed by atoms with Crippen molar-refractivity contribution in [2.45, 2.75) is 21.8 Å². The van der Waals surface area contributed by atoms with Gasteiger partial charge < -0.3 is 0 Å². The Hall–Kier alpha value is -1.74. The van der Waals surface area contributed by atoms with Crippen molar-refractivity contribution in [1.29, 1.82) is 0 Å². The van der Waals surface area contributed by atoms with Crippen LogP contribution >= 0.6 is 0 Å². The van der Waals surface area contributed by atoms with Gasteiger partial charge in [-0.2, -0.15) is 8.61 Å². The third-order valence-corrected chi connectivity index (χ3v) is 9.07. The molecule has 0 N–H and O–H groups in total. The third kappa shape index (κ3) is 2.21. The average molecular weight is 378 g/mol. The van der Waals surface area contributed by atoms with Gasteiger partial charge in [0.25, 0.3) is 0 Å². The molecule has 1 spiro atoms. The summed E-state index contributed by atoms with van der Waals surface area (Å²) in [6.07, 6.45) is 0.436. The first-order valence-corrected chi connectivity index (χ1v) is 10.8. The number of likely N-dealkylation sites (N-methyl/N-ethyl adjacent to an activating group) is 1. The first-order valence-electron chi connectivity index (χ1n) is 7.94.